The molecule has 0 unspecified atom stereocenters. The Hall–Kier alpha value is -2.95. The van der Waals surface area contributed by atoms with Crippen molar-refractivity contribution in [1.29, 1.82) is 5.26 Å². The van der Waals surface area contributed by atoms with Crippen molar-refractivity contribution in [2.45, 2.75) is 20.0 Å². The molecule has 154 valence electrons. The first-order chi connectivity index (χ1) is 14.5. The highest BCUT2D eigenvalue weighted by Crippen LogP contribution is 2.39. The number of nitriles is 1. The average molecular weight is 443 g/mol. The molecule has 0 bridgehead atoms. The quantitative estimate of drug-likeness (QED) is 0.545. The maximum Gasteiger partial charge on any atom is 0.293 e. The first-order valence-corrected chi connectivity index (χ1v) is 10.4. The monoisotopic (exact) mass is 442 g/mol. The minimum absolute atomic E-state index is 0.148. The predicted octanol–water partition coefficient (Wildman–Crippen LogP) is 5.25. The minimum atomic E-state index is -0.310. The molecule has 0 radical (unpaired) electrons. The van der Waals surface area contributed by atoms with Gasteiger partial charge in [0, 0.05) is 12.1 Å². The van der Waals surface area contributed by atoms with Gasteiger partial charge in [-0.2, -0.15) is 5.26 Å². The molecule has 0 N–H and O–H groups in total. The molecule has 0 aliphatic carbocycles. The lowest BCUT2D eigenvalue weighted by atomic mass is 10.1. The molecule has 1 fully saturated rings. The molecular weight excluding hydrogens is 424 g/mol. The third-order valence-electron chi connectivity index (χ3n) is 4.38. The summed E-state index contributed by atoms with van der Waals surface area (Å²) in [6, 6.07) is 12.6. The zero-order valence-corrected chi connectivity index (χ0v) is 18.0. The van der Waals surface area contributed by atoms with Crippen molar-refractivity contribution in [2.24, 2.45) is 0 Å². The van der Waals surface area contributed by atoms with E-state index in [-0.39, 0.29) is 17.8 Å². The number of methoxy groups -OCH3 is 1. The first kappa shape index (κ1) is 21.8. The number of amides is 2. The van der Waals surface area contributed by atoms with Crippen molar-refractivity contribution in [3.8, 4) is 17.6 Å². The van der Waals surface area contributed by atoms with E-state index in [1.54, 1.807) is 36.4 Å². The van der Waals surface area contributed by atoms with Crippen LogP contribution in [0.5, 0.6) is 11.5 Å². The van der Waals surface area contributed by atoms with Crippen molar-refractivity contribution in [3.05, 3.63) is 63.0 Å². The molecule has 1 saturated heterocycles. The molecule has 0 spiro atoms. The molecule has 3 rings (SSSR count). The van der Waals surface area contributed by atoms with Gasteiger partial charge < -0.3 is 9.47 Å². The number of ether oxygens (including phenoxy) is 2. The molecule has 0 atom stereocenters. The molecule has 0 saturated carbocycles. The summed E-state index contributed by atoms with van der Waals surface area (Å²) in [5.41, 5.74) is 1.86. The van der Waals surface area contributed by atoms with Gasteiger partial charge in [0.2, 0.25) is 0 Å². The van der Waals surface area contributed by atoms with Crippen LogP contribution < -0.4 is 9.47 Å². The van der Waals surface area contributed by atoms with Crippen LogP contribution in [0.2, 0.25) is 5.02 Å². The van der Waals surface area contributed by atoms with E-state index in [1.165, 1.54) is 12.0 Å². The smallest absolute Gasteiger partial charge is 0.293 e. The van der Waals surface area contributed by atoms with Gasteiger partial charge in [-0.15, -0.1) is 0 Å². The highest BCUT2D eigenvalue weighted by atomic mass is 35.5. The number of hydrogen-bond donors (Lipinski definition) is 0. The number of halogens is 1. The lowest BCUT2D eigenvalue weighted by molar-refractivity contribution is -0.122. The lowest BCUT2D eigenvalue weighted by Gasteiger charge is -2.14. The third kappa shape index (κ3) is 4.61. The second-order valence-electron chi connectivity index (χ2n) is 6.43. The van der Waals surface area contributed by atoms with Crippen LogP contribution in [0.3, 0.4) is 0 Å². The molecule has 2 aromatic rings. The summed E-state index contributed by atoms with van der Waals surface area (Å²) >= 11 is 7.32. The van der Waals surface area contributed by atoms with Gasteiger partial charge >= 0.3 is 0 Å². The number of carbonyl (C=O) groups excluding carboxylic acids is 2. The lowest BCUT2D eigenvalue weighted by Crippen LogP contribution is -2.28. The van der Waals surface area contributed by atoms with Crippen LogP contribution in [-0.2, 0) is 11.4 Å². The topological polar surface area (TPSA) is 79.6 Å². The number of carbonyl (C=O) groups is 2. The summed E-state index contributed by atoms with van der Waals surface area (Å²) in [5.74, 6) is 0.412. The SMILES string of the molecule is CCCN1C(=O)S/C(=C/c2cc(Cl)c(OCc3ccccc3C#N)c(OC)c2)C1=O. The van der Waals surface area contributed by atoms with E-state index < -0.39 is 0 Å². The Morgan fingerprint density at radius 2 is 2.03 bits per heavy atom. The minimum Gasteiger partial charge on any atom is -0.493 e. The summed E-state index contributed by atoms with van der Waals surface area (Å²) in [6.45, 7) is 2.45. The van der Waals surface area contributed by atoms with Crippen LogP contribution in [0.4, 0.5) is 4.79 Å². The largest absolute Gasteiger partial charge is 0.493 e. The van der Waals surface area contributed by atoms with Crippen molar-refractivity contribution in [1.82, 2.24) is 4.90 Å². The van der Waals surface area contributed by atoms with Gasteiger partial charge in [-0.3, -0.25) is 14.5 Å². The molecule has 0 aromatic heterocycles. The Morgan fingerprint density at radius 3 is 2.73 bits per heavy atom. The van der Waals surface area contributed by atoms with E-state index in [9.17, 15) is 14.9 Å². The highest BCUT2D eigenvalue weighted by molar-refractivity contribution is 8.18. The summed E-state index contributed by atoms with van der Waals surface area (Å²) in [4.78, 5) is 26.0. The standard InChI is InChI=1S/C22H19ClN2O4S/c1-3-8-25-21(26)19(30-22(25)27)11-14-9-17(23)20(18(10-14)28-2)29-13-16-7-5-4-6-15(16)12-24/h4-7,9-11H,3,8,13H2,1-2H3/b19-11+. The van der Waals surface area contributed by atoms with Crippen LogP contribution in [0.1, 0.15) is 30.0 Å². The van der Waals surface area contributed by atoms with Gasteiger partial charge in [-0.05, 0) is 48.0 Å². The number of thioether (sulfide) groups is 1. The Labute approximate surface area is 184 Å². The van der Waals surface area contributed by atoms with Crippen LogP contribution >= 0.6 is 23.4 Å². The van der Waals surface area contributed by atoms with E-state index in [0.29, 0.717) is 45.5 Å². The van der Waals surface area contributed by atoms with E-state index in [4.69, 9.17) is 21.1 Å². The van der Waals surface area contributed by atoms with Crippen molar-refractivity contribution in [3.63, 3.8) is 0 Å². The molecule has 1 aliphatic rings. The van der Waals surface area contributed by atoms with Gasteiger partial charge in [0.15, 0.2) is 11.5 Å². The molecule has 8 heteroatoms. The van der Waals surface area contributed by atoms with Gasteiger partial charge in [0.1, 0.15) is 6.61 Å². The zero-order chi connectivity index (χ0) is 21.7. The van der Waals surface area contributed by atoms with Gasteiger partial charge in [-0.1, -0.05) is 36.7 Å². The van der Waals surface area contributed by atoms with Crippen LogP contribution in [0.15, 0.2) is 41.3 Å². The Morgan fingerprint density at radius 1 is 1.27 bits per heavy atom. The van der Waals surface area contributed by atoms with Crippen LogP contribution in [0.25, 0.3) is 6.08 Å². The van der Waals surface area contributed by atoms with Gasteiger partial charge in [-0.25, -0.2) is 0 Å². The summed E-state index contributed by atoms with van der Waals surface area (Å²) in [6.07, 6.45) is 2.32. The fourth-order valence-electron chi connectivity index (χ4n) is 2.94. The van der Waals surface area contributed by atoms with E-state index >= 15 is 0 Å². The molecule has 6 nitrogen and oxygen atoms in total. The van der Waals surface area contributed by atoms with Crippen molar-refractivity contribution in [2.75, 3.05) is 13.7 Å². The molecule has 1 heterocycles. The molecule has 2 aromatic carbocycles. The predicted molar refractivity (Wildman–Crippen MR) is 116 cm³/mol. The molecule has 1 aliphatic heterocycles. The Kier molecular flexibility index (Phi) is 7.03. The number of rotatable bonds is 7. The van der Waals surface area contributed by atoms with Gasteiger partial charge in [0.25, 0.3) is 11.1 Å². The van der Waals surface area contributed by atoms with Crippen LogP contribution in [0, 0.1) is 11.3 Å². The fraction of sp³-hybridized carbons (Fsp3) is 0.227. The Bertz CT molecular complexity index is 1060. The average Bonchev–Trinajstić information content (AvgIpc) is 3.00. The molecular formula is C22H19ClN2O4S. The van der Waals surface area contributed by atoms with E-state index in [2.05, 4.69) is 6.07 Å². The second-order valence-corrected chi connectivity index (χ2v) is 7.83. The summed E-state index contributed by atoms with van der Waals surface area (Å²) in [7, 11) is 1.49. The number of benzene rings is 2. The maximum atomic E-state index is 12.4. The Balaban J connectivity index is 1.85. The third-order valence-corrected chi connectivity index (χ3v) is 5.57. The number of nitrogens with zero attached hydrogens (tertiary/aromatic N) is 2. The normalized spacial score (nSPS) is 14.9. The summed E-state index contributed by atoms with van der Waals surface area (Å²) < 4.78 is 11.2. The van der Waals surface area contributed by atoms with Crippen LogP contribution in [-0.4, -0.2) is 29.7 Å². The maximum absolute atomic E-state index is 12.4. The second kappa shape index (κ2) is 9.70. The number of hydrogen-bond acceptors (Lipinski definition) is 6. The first-order valence-electron chi connectivity index (χ1n) is 9.22. The van der Waals surface area contributed by atoms with Crippen molar-refractivity contribution >= 4 is 40.6 Å². The number of imide groups is 1. The zero-order valence-electron chi connectivity index (χ0n) is 16.5. The van der Waals surface area contributed by atoms with E-state index in [0.717, 1.165) is 17.3 Å². The molecule has 30 heavy (non-hydrogen) atoms. The highest BCUT2D eigenvalue weighted by Gasteiger charge is 2.34. The van der Waals surface area contributed by atoms with Gasteiger partial charge in [0.05, 0.1) is 28.7 Å². The summed E-state index contributed by atoms with van der Waals surface area (Å²) in [5, 5.41) is 9.23. The fourth-order valence-corrected chi connectivity index (χ4v) is 4.07. The van der Waals surface area contributed by atoms with E-state index in [1.807, 2.05) is 13.0 Å². The molecule has 2 amide bonds. The van der Waals surface area contributed by atoms with Crippen molar-refractivity contribution < 1.29 is 19.1 Å².